The van der Waals surface area contributed by atoms with Crippen LogP contribution in [0.25, 0.3) is 33.1 Å². The molecular weight excluding hydrogens is 582 g/mol. The summed E-state index contributed by atoms with van der Waals surface area (Å²) in [6.45, 7) is 6.55. The van der Waals surface area contributed by atoms with Crippen molar-refractivity contribution < 1.29 is 9.59 Å². The molecule has 1 aliphatic carbocycles. The minimum atomic E-state index is -0.814. The minimum Gasteiger partial charge on any atom is -0.344 e. The molecule has 46 heavy (non-hydrogen) atoms. The van der Waals surface area contributed by atoms with Gasteiger partial charge in [0, 0.05) is 24.1 Å². The number of H-pyrrole nitrogens is 3. The first-order chi connectivity index (χ1) is 22.1. The molecule has 11 heteroatoms. The molecular formula is C35H41N7O4. The van der Waals surface area contributed by atoms with E-state index in [0.29, 0.717) is 41.0 Å². The van der Waals surface area contributed by atoms with E-state index in [9.17, 15) is 19.2 Å². The number of aryl methyl sites for hydroxylation is 1. The van der Waals surface area contributed by atoms with Crippen molar-refractivity contribution in [1.82, 2.24) is 25.1 Å². The number of carbonyl (C=O) groups is 2. The molecule has 1 atom stereocenters. The van der Waals surface area contributed by atoms with Gasteiger partial charge >= 0.3 is 5.69 Å². The van der Waals surface area contributed by atoms with E-state index >= 15 is 0 Å². The standard InChI is InChI=1S/C35H41N7O4/c1-19(2)42-34(45)27-14-20(3)26(17-29(27)41-42)23-8-4-21(5-9-23)15-31(38-32(43)24-10-6-22(18-36)7-11-24)33(44)37-25-12-13-28-30(16-25)40-35(46)39-28/h4-5,8-9,12-14,16-17,19,22,24,31,41H,6-7,10-11,15,18,36H2,1-3H3,(H,37,44)(H,38,43)(H2,39,40,46)/t22?,24?,31-/m0/s1. The normalized spacial score (nSPS) is 17.4. The molecule has 2 amide bonds. The second-order valence-corrected chi connectivity index (χ2v) is 12.8. The molecule has 2 aromatic heterocycles. The average molecular weight is 624 g/mol. The van der Waals surface area contributed by atoms with Crippen LogP contribution in [-0.4, -0.2) is 44.1 Å². The highest BCUT2D eigenvalue weighted by atomic mass is 16.2. The number of amides is 2. The van der Waals surface area contributed by atoms with Gasteiger partial charge in [-0.25, -0.2) is 9.48 Å². The molecule has 0 bridgehead atoms. The molecule has 6 rings (SSSR count). The monoisotopic (exact) mass is 623 g/mol. The van der Waals surface area contributed by atoms with E-state index in [1.807, 2.05) is 57.2 Å². The van der Waals surface area contributed by atoms with Crippen LogP contribution in [0.2, 0.25) is 0 Å². The van der Waals surface area contributed by atoms with Crippen molar-refractivity contribution in [2.75, 3.05) is 11.9 Å². The molecule has 11 nitrogen and oxygen atoms in total. The topological polar surface area (TPSA) is 171 Å². The fraction of sp³-hybridized carbons (Fsp3) is 0.371. The van der Waals surface area contributed by atoms with Gasteiger partial charge in [-0.05, 0) is 112 Å². The molecule has 1 aliphatic rings. The zero-order valence-electron chi connectivity index (χ0n) is 26.4. The summed E-state index contributed by atoms with van der Waals surface area (Å²) >= 11 is 0. The summed E-state index contributed by atoms with van der Waals surface area (Å²) in [4.78, 5) is 57.0. The number of anilines is 1. The molecule has 1 saturated carbocycles. The van der Waals surface area contributed by atoms with Crippen molar-refractivity contribution in [3.8, 4) is 11.1 Å². The predicted molar refractivity (Wildman–Crippen MR) is 181 cm³/mol. The minimum absolute atomic E-state index is 0.0233. The Balaban J connectivity index is 1.23. The quantitative estimate of drug-likeness (QED) is 0.142. The number of nitrogens with zero attached hydrogens (tertiary/aromatic N) is 1. The van der Waals surface area contributed by atoms with Crippen LogP contribution in [0.3, 0.4) is 0 Å². The van der Waals surface area contributed by atoms with Crippen molar-refractivity contribution in [3.05, 3.63) is 86.6 Å². The lowest BCUT2D eigenvalue weighted by atomic mass is 9.81. The van der Waals surface area contributed by atoms with Crippen LogP contribution in [0.4, 0.5) is 5.69 Å². The number of carbonyl (C=O) groups excluding carboxylic acids is 2. The van der Waals surface area contributed by atoms with Gasteiger partial charge in [0.05, 0.1) is 21.9 Å². The molecule has 0 aliphatic heterocycles. The molecule has 5 aromatic rings. The molecule has 7 N–H and O–H groups in total. The van der Waals surface area contributed by atoms with E-state index < -0.39 is 6.04 Å². The Kier molecular flexibility index (Phi) is 8.68. The van der Waals surface area contributed by atoms with Crippen LogP contribution in [0, 0.1) is 18.8 Å². The zero-order valence-corrected chi connectivity index (χ0v) is 26.4. The number of rotatable bonds is 9. The van der Waals surface area contributed by atoms with E-state index in [0.717, 1.165) is 53.5 Å². The maximum atomic E-state index is 13.7. The van der Waals surface area contributed by atoms with Crippen LogP contribution in [-0.2, 0) is 16.0 Å². The number of fused-ring (bicyclic) bond motifs is 2. The van der Waals surface area contributed by atoms with Gasteiger partial charge in [-0.15, -0.1) is 0 Å². The van der Waals surface area contributed by atoms with Gasteiger partial charge in [-0.3, -0.25) is 19.5 Å². The fourth-order valence-electron chi connectivity index (χ4n) is 6.52. The van der Waals surface area contributed by atoms with Crippen LogP contribution >= 0.6 is 0 Å². The van der Waals surface area contributed by atoms with Gasteiger partial charge in [-0.1, -0.05) is 24.3 Å². The summed E-state index contributed by atoms with van der Waals surface area (Å²) in [5, 5.41) is 9.85. The number of hydrogen-bond donors (Lipinski definition) is 6. The molecule has 1 fully saturated rings. The third kappa shape index (κ3) is 6.41. The van der Waals surface area contributed by atoms with Crippen molar-refractivity contribution in [2.24, 2.45) is 17.6 Å². The fourth-order valence-corrected chi connectivity index (χ4v) is 6.52. The second-order valence-electron chi connectivity index (χ2n) is 12.8. The molecule has 0 saturated heterocycles. The number of nitrogens with two attached hydrogens (primary N) is 1. The van der Waals surface area contributed by atoms with Crippen molar-refractivity contribution in [1.29, 1.82) is 0 Å². The highest BCUT2D eigenvalue weighted by molar-refractivity contribution is 5.99. The van der Waals surface area contributed by atoms with Crippen molar-refractivity contribution >= 4 is 39.4 Å². The van der Waals surface area contributed by atoms with Gasteiger partial charge in [-0.2, -0.15) is 0 Å². The predicted octanol–water partition coefficient (Wildman–Crippen LogP) is 4.49. The van der Waals surface area contributed by atoms with Gasteiger partial charge in [0.15, 0.2) is 0 Å². The number of aromatic nitrogens is 4. The van der Waals surface area contributed by atoms with Gasteiger partial charge in [0.25, 0.3) is 5.56 Å². The molecule has 2 heterocycles. The summed E-state index contributed by atoms with van der Waals surface area (Å²) in [7, 11) is 0. The number of hydrogen-bond acceptors (Lipinski definition) is 5. The highest BCUT2D eigenvalue weighted by Gasteiger charge is 2.29. The summed E-state index contributed by atoms with van der Waals surface area (Å²) in [5.74, 6) is -0.179. The largest absolute Gasteiger partial charge is 0.344 e. The Hall–Kier alpha value is -4.90. The Bertz CT molecular complexity index is 2010. The Labute approximate surface area is 265 Å². The molecule has 0 spiro atoms. The third-order valence-electron chi connectivity index (χ3n) is 9.24. The van der Waals surface area contributed by atoms with Gasteiger partial charge in [0.2, 0.25) is 11.8 Å². The maximum absolute atomic E-state index is 13.7. The summed E-state index contributed by atoms with van der Waals surface area (Å²) in [6.07, 6.45) is 3.61. The summed E-state index contributed by atoms with van der Waals surface area (Å²) in [6, 6.07) is 16.2. The lowest BCUT2D eigenvalue weighted by molar-refractivity contribution is -0.130. The van der Waals surface area contributed by atoms with Crippen molar-refractivity contribution in [3.63, 3.8) is 0 Å². The van der Waals surface area contributed by atoms with Crippen LogP contribution in [0.5, 0.6) is 0 Å². The van der Waals surface area contributed by atoms with Crippen LogP contribution in [0.1, 0.15) is 56.7 Å². The first kappa shape index (κ1) is 31.1. The molecule has 0 unspecified atom stereocenters. The van der Waals surface area contributed by atoms with Crippen LogP contribution < -0.4 is 27.6 Å². The SMILES string of the molecule is Cc1cc2c(=O)n(C(C)C)[nH]c2cc1-c1ccc(C[C@H](NC(=O)C2CCC(CN)CC2)C(=O)Nc2ccc3[nH]c(=O)[nH]c3c2)cc1. The third-order valence-corrected chi connectivity index (χ3v) is 9.24. The highest BCUT2D eigenvalue weighted by Crippen LogP contribution is 2.30. The Morgan fingerprint density at radius 2 is 1.65 bits per heavy atom. The maximum Gasteiger partial charge on any atom is 0.323 e. The Morgan fingerprint density at radius 1 is 0.935 bits per heavy atom. The zero-order chi connectivity index (χ0) is 32.5. The van der Waals surface area contributed by atoms with E-state index in [2.05, 4.69) is 25.7 Å². The number of imidazole rings is 1. The first-order valence-electron chi connectivity index (χ1n) is 16.0. The van der Waals surface area contributed by atoms with E-state index in [4.69, 9.17) is 5.73 Å². The summed E-state index contributed by atoms with van der Waals surface area (Å²) in [5.41, 5.74) is 11.9. The van der Waals surface area contributed by atoms with Crippen LogP contribution in [0.15, 0.2) is 64.2 Å². The second kappa shape index (κ2) is 12.8. The van der Waals surface area contributed by atoms with E-state index in [1.54, 1.807) is 22.9 Å². The average Bonchev–Trinajstić information content (AvgIpc) is 3.58. The lowest BCUT2D eigenvalue weighted by Crippen LogP contribution is -2.48. The lowest BCUT2D eigenvalue weighted by Gasteiger charge is -2.28. The Morgan fingerprint density at radius 3 is 2.35 bits per heavy atom. The summed E-state index contributed by atoms with van der Waals surface area (Å²) < 4.78 is 1.63. The van der Waals surface area contributed by atoms with Gasteiger partial charge in [0.1, 0.15) is 6.04 Å². The van der Waals surface area contributed by atoms with Gasteiger partial charge < -0.3 is 26.3 Å². The molecule has 0 radical (unpaired) electrons. The number of nitrogens with one attached hydrogen (secondary N) is 5. The number of benzene rings is 3. The van der Waals surface area contributed by atoms with Crippen molar-refractivity contribution in [2.45, 2.75) is 65.0 Å². The molecule has 3 aromatic carbocycles. The van der Waals surface area contributed by atoms with E-state index in [-0.39, 0.29) is 35.0 Å². The first-order valence-corrected chi connectivity index (χ1v) is 16.0. The molecule has 240 valence electrons. The van der Waals surface area contributed by atoms with E-state index in [1.165, 1.54) is 0 Å². The number of aromatic amines is 3. The smallest absolute Gasteiger partial charge is 0.323 e.